The summed E-state index contributed by atoms with van der Waals surface area (Å²) in [6, 6.07) is 5.73. The molecular formula is C18H22N3O17P3. The van der Waals surface area contributed by atoms with Crippen molar-refractivity contribution in [3.05, 3.63) is 57.0 Å². The molecule has 226 valence electrons. The number of nitrogens with zero attached hydrogens (tertiary/aromatic N) is 3. The second-order valence-electron chi connectivity index (χ2n) is 8.35. The van der Waals surface area contributed by atoms with E-state index in [4.69, 9.17) is 23.8 Å². The van der Waals surface area contributed by atoms with E-state index >= 15 is 0 Å². The number of benzene rings is 1. The van der Waals surface area contributed by atoms with E-state index in [0.29, 0.717) is 16.7 Å². The number of fused-ring (bicyclic) bond motifs is 1. The molecule has 1 aliphatic rings. The van der Waals surface area contributed by atoms with Crippen LogP contribution in [0.1, 0.15) is 11.9 Å². The van der Waals surface area contributed by atoms with Crippen LogP contribution in [0.15, 0.2) is 44.6 Å². The van der Waals surface area contributed by atoms with Gasteiger partial charge in [-0.05, 0) is 12.1 Å². The minimum Gasteiger partial charge on any atom is -0.497 e. The van der Waals surface area contributed by atoms with Gasteiger partial charge in [-0.3, -0.25) is 18.5 Å². The Bertz CT molecular complexity index is 1690. The summed E-state index contributed by atoms with van der Waals surface area (Å²) in [5, 5.41) is 25.2. The van der Waals surface area contributed by atoms with Crippen LogP contribution in [0.2, 0.25) is 0 Å². The van der Waals surface area contributed by atoms with Crippen LogP contribution in [0.4, 0.5) is 0 Å². The van der Waals surface area contributed by atoms with Crippen molar-refractivity contribution in [1.29, 1.82) is 0 Å². The van der Waals surface area contributed by atoms with Gasteiger partial charge in [-0.15, -0.1) is 0 Å². The van der Waals surface area contributed by atoms with Crippen LogP contribution in [0, 0.1) is 0 Å². The highest BCUT2D eigenvalue weighted by Crippen LogP contribution is 2.66. The fourth-order valence-corrected chi connectivity index (χ4v) is 6.83. The standard InChI is InChI=1S/C18H22N3O17P3/c1-33-9-2-3-10-11(19-36-12(10)6-9)7-21-14(22)4-5-20(18(21)25)17-16(24)15(23)13(35-17)8-34-40(29,30)38-41(31,32)37-39(26,27)28/h2-6,13,15-17,23-24H,7-8H2,1H3,(H,29,30)(H,31,32)(H2,26,27,28)/t13-,15+,16?,17-/m1/s1. The van der Waals surface area contributed by atoms with Gasteiger partial charge in [0.05, 0.1) is 20.3 Å². The Hall–Kier alpha value is -2.54. The number of hydrogen-bond acceptors (Lipinski definition) is 14. The Morgan fingerprint density at radius 1 is 1.00 bits per heavy atom. The van der Waals surface area contributed by atoms with Crippen LogP contribution < -0.4 is 16.0 Å². The second-order valence-corrected chi connectivity index (χ2v) is 12.8. The molecule has 1 aliphatic heterocycles. The number of rotatable bonds is 11. The van der Waals surface area contributed by atoms with E-state index < -0.39 is 65.9 Å². The van der Waals surface area contributed by atoms with E-state index in [0.717, 1.165) is 21.4 Å². The number of methoxy groups -OCH3 is 1. The van der Waals surface area contributed by atoms with Gasteiger partial charge < -0.3 is 43.8 Å². The van der Waals surface area contributed by atoms with E-state index in [9.17, 15) is 43.3 Å². The predicted molar refractivity (Wildman–Crippen MR) is 130 cm³/mol. The normalized spacial score (nSPS) is 24.3. The molecule has 2 aromatic heterocycles. The smallest absolute Gasteiger partial charge is 0.490 e. The van der Waals surface area contributed by atoms with Crippen molar-refractivity contribution < 1.29 is 70.6 Å². The van der Waals surface area contributed by atoms with E-state index in [2.05, 4.69) is 18.3 Å². The van der Waals surface area contributed by atoms with Crippen LogP contribution >= 0.6 is 23.5 Å². The third kappa shape index (κ3) is 7.28. The van der Waals surface area contributed by atoms with Crippen molar-refractivity contribution in [2.24, 2.45) is 0 Å². The Morgan fingerprint density at radius 2 is 1.71 bits per heavy atom. The molecule has 23 heteroatoms. The molecule has 6 atom stereocenters. The number of phosphoric acid groups is 3. The van der Waals surface area contributed by atoms with Gasteiger partial charge in [0.1, 0.15) is 29.8 Å². The van der Waals surface area contributed by atoms with Crippen molar-refractivity contribution in [2.75, 3.05) is 13.7 Å². The summed E-state index contributed by atoms with van der Waals surface area (Å²) in [6.07, 6.45) is -6.06. The van der Waals surface area contributed by atoms with Crippen LogP contribution in [0.5, 0.6) is 5.75 Å². The number of aliphatic hydroxyl groups excluding tert-OH is 2. The van der Waals surface area contributed by atoms with Crippen LogP contribution in [0.3, 0.4) is 0 Å². The molecule has 1 saturated heterocycles. The molecule has 3 unspecified atom stereocenters. The first-order valence-electron chi connectivity index (χ1n) is 11.0. The average molecular weight is 645 g/mol. The molecule has 20 nitrogen and oxygen atoms in total. The number of ether oxygens (including phenoxy) is 2. The van der Waals surface area contributed by atoms with Gasteiger partial charge in [0, 0.05) is 23.7 Å². The van der Waals surface area contributed by atoms with E-state index in [1.165, 1.54) is 7.11 Å². The minimum atomic E-state index is -5.79. The van der Waals surface area contributed by atoms with Gasteiger partial charge in [-0.2, -0.15) is 8.62 Å². The molecule has 1 aromatic carbocycles. The first kappa shape index (κ1) is 31.4. The monoisotopic (exact) mass is 645 g/mol. The van der Waals surface area contributed by atoms with E-state index in [-0.39, 0.29) is 12.2 Å². The van der Waals surface area contributed by atoms with Crippen molar-refractivity contribution in [3.8, 4) is 5.75 Å². The van der Waals surface area contributed by atoms with Gasteiger partial charge >= 0.3 is 29.2 Å². The molecule has 0 saturated carbocycles. The van der Waals surface area contributed by atoms with Crippen molar-refractivity contribution in [2.45, 2.75) is 31.1 Å². The number of hydrogen-bond donors (Lipinski definition) is 6. The lowest BCUT2D eigenvalue weighted by molar-refractivity contribution is -0.0547. The zero-order valence-corrected chi connectivity index (χ0v) is 23.2. The first-order chi connectivity index (χ1) is 19.0. The quantitative estimate of drug-likeness (QED) is 0.139. The maximum atomic E-state index is 13.2. The van der Waals surface area contributed by atoms with Crippen LogP contribution in [0.25, 0.3) is 11.0 Å². The highest BCUT2D eigenvalue weighted by Gasteiger charge is 2.47. The summed E-state index contributed by atoms with van der Waals surface area (Å²) in [4.78, 5) is 61.7. The van der Waals surface area contributed by atoms with Crippen molar-refractivity contribution >= 4 is 34.4 Å². The molecule has 4 rings (SSSR count). The summed E-state index contributed by atoms with van der Waals surface area (Å²) in [5.74, 6) is 0.479. The van der Waals surface area contributed by atoms with Gasteiger partial charge in [0.15, 0.2) is 11.8 Å². The third-order valence-electron chi connectivity index (χ3n) is 5.59. The molecule has 0 aliphatic carbocycles. The first-order valence-corrected chi connectivity index (χ1v) is 15.6. The summed E-state index contributed by atoms with van der Waals surface area (Å²) < 4.78 is 62.9. The largest absolute Gasteiger partial charge is 0.497 e. The fraction of sp³-hybridized carbons (Fsp3) is 0.389. The molecule has 41 heavy (non-hydrogen) atoms. The molecule has 0 radical (unpaired) electrons. The Labute approximate surface area is 227 Å². The van der Waals surface area contributed by atoms with Crippen LogP contribution in [-0.4, -0.2) is 76.1 Å². The third-order valence-corrected chi connectivity index (χ3v) is 9.39. The highest BCUT2D eigenvalue weighted by molar-refractivity contribution is 7.66. The zero-order chi connectivity index (χ0) is 30.3. The van der Waals surface area contributed by atoms with Crippen LogP contribution in [-0.2, 0) is 38.1 Å². The highest BCUT2D eigenvalue weighted by atomic mass is 31.3. The number of aliphatic hydroxyl groups is 2. The van der Waals surface area contributed by atoms with Gasteiger partial charge in [0.2, 0.25) is 0 Å². The number of aromatic nitrogens is 3. The zero-order valence-electron chi connectivity index (χ0n) is 20.5. The van der Waals surface area contributed by atoms with E-state index in [1.54, 1.807) is 18.2 Å². The molecule has 0 amide bonds. The minimum absolute atomic E-state index is 0.210. The lowest BCUT2D eigenvalue weighted by atomic mass is 10.1. The molecule has 3 heterocycles. The lowest BCUT2D eigenvalue weighted by Gasteiger charge is -2.19. The molecule has 0 spiro atoms. The van der Waals surface area contributed by atoms with Gasteiger partial charge in [-0.25, -0.2) is 18.5 Å². The Morgan fingerprint density at radius 3 is 2.37 bits per heavy atom. The summed E-state index contributed by atoms with van der Waals surface area (Å²) in [5.41, 5.74) is -1.23. The Balaban J connectivity index is 1.51. The fourth-order valence-electron chi connectivity index (χ4n) is 3.80. The van der Waals surface area contributed by atoms with Gasteiger partial charge in [0.25, 0.3) is 5.56 Å². The number of phosphoric ester groups is 1. The molecular weight excluding hydrogens is 623 g/mol. The SMILES string of the molecule is COc1ccc2c(Cn3c(=O)ccn([C@@H]4O[C@H](COP(=O)(O)OP(=O)(O)OP(=O)(O)O)[C@H](O)C4O)c3=O)noc2c1. The van der Waals surface area contributed by atoms with E-state index in [1.807, 2.05) is 0 Å². The Kier molecular flexibility index (Phi) is 8.90. The maximum absolute atomic E-state index is 13.2. The maximum Gasteiger partial charge on any atom is 0.490 e. The second kappa shape index (κ2) is 11.6. The van der Waals surface area contributed by atoms with Crippen molar-refractivity contribution in [3.63, 3.8) is 0 Å². The molecule has 0 bridgehead atoms. The van der Waals surface area contributed by atoms with Crippen molar-refractivity contribution in [1.82, 2.24) is 14.3 Å². The molecule has 3 aromatic rings. The summed E-state index contributed by atoms with van der Waals surface area (Å²) >= 11 is 0. The summed E-state index contributed by atoms with van der Waals surface area (Å²) in [6.45, 7) is -1.46. The molecule has 1 fully saturated rings. The lowest BCUT2D eigenvalue weighted by Crippen LogP contribution is -2.43. The summed E-state index contributed by atoms with van der Waals surface area (Å²) in [7, 11) is -15.5. The van der Waals surface area contributed by atoms with Gasteiger partial charge in [-0.1, -0.05) is 5.16 Å². The molecule has 6 N–H and O–H groups in total. The average Bonchev–Trinajstić information content (AvgIpc) is 3.38. The topological polar surface area (TPSA) is 289 Å². The predicted octanol–water partition coefficient (Wildman–Crippen LogP) is -0.829.